The fourth-order valence-corrected chi connectivity index (χ4v) is 3.06. The zero-order valence-corrected chi connectivity index (χ0v) is 14.3. The Balaban J connectivity index is 1.41. The largest absolute Gasteiger partial charge is 0.352 e. The summed E-state index contributed by atoms with van der Waals surface area (Å²) in [6.07, 6.45) is 4.09. The van der Waals surface area contributed by atoms with Crippen molar-refractivity contribution in [2.45, 2.75) is 13.0 Å². The summed E-state index contributed by atoms with van der Waals surface area (Å²) in [6.45, 7) is 0.469. The first kappa shape index (κ1) is 16.1. The maximum atomic E-state index is 12.4. The van der Waals surface area contributed by atoms with Crippen molar-refractivity contribution >= 4 is 16.7 Å². The molecule has 0 aliphatic rings. The van der Waals surface area contributed by atoms with Crippen molar-refractivity contribution < 1.29 is 4.79 Å². The van der Waals surface area contributed by atoms with Crippen LogP contribution in [0.2, 0.25) is 0 Å². The summed E-state index contributed by atoms with van der Waals surface area (Å²) in [5.41, 5.74) is 3.02. The molecule has 0 unspecified atom stereocenters. The number of carbonyl (C=O) groups is 1. The second-order valence-corrected chi connectivity index (χ2v) is 6.22. The van der Waals surface area contributed by atoms with Crippen molar-refractivity contribution in [3.8, 4) is 5.69 Å². The first-order valence-electron chi connectivity index (χ1n) is 8.62. The molecular formula is C22H19N3O. The molecule has 26 heavy (non-hydrogen) atoms. The van der Waals surface area contributed by atoms with Crippen LogP contribution in [0.3, 0.4) is 0 Å². The number of nitrogens with one attached hydrogen (secondary N) is 1. The molecule has 0 atom stereocenters. The summed E-state index contributed by atoms with van der Waals surface area (Å²) < 4.78 is 1.81. The normalized spacial score (nSPS) is 10.8. The molecule has 0 aliphatic carbocycles. The van der Waals surface area contributed by atoms with E-state index >= 15 is 0 Å². The summed E-state index contributed by atoms with van der Waals surface area (Å²) in [5.74, 6) is 0.00816. The third kappa shape index (κ3) is 3.49. The van der Waals surface area contributed by atoms with Crippen LogP contribution in [0.5, 0.6) is 0 Å². The van der Waals surface area contributed by atoms with Crippen molar-refractivity contribution in [3.63, 3.8) is 0 Å². The highest BCUT2D eigenvalue weighted by Crippen LogP contribution is 2.18. The van der Waals surface area contributed by atoms with Gasteiger partial charge in [0.05, 0.1) is 18.3 Å². The Labute approximate surface area is 152 Å². The van der Waals surface area contributed by atoms with Crippen LogP contribution >= 0.6 is 0 Å². The van der Waals surface area contributed by atoms with Crippen LogP contribution in [0, 0.1) is 0 Å². The van der Waals surface area contributed by atoms with Gasteiger partial charge in [0.2, 0.25) is 5.91 Å². The molecule has 1 N–H and O–H groups in total. The maximum Gasteiger partial charge on any atom is 0.224 e. The summed E-state index contributed by atoms with van der Waals surface area (Å²) in [5, 5.41) is 9.62. The smallest absolute Gasteiger partial charge is 0.224 e. The number of fused-ring (bicyclic) bond motifs is 1. The number of para-hydroxylation sites is 1. The summed E-state index contributed by atoms with van der Waals surface area (Å²) in [4.78, 5) is 12.4. The van der Waals surface area contributed by atoms with Crippen LogP contribution < -0.4 is 5.32 Å². The van der Waals surface area contributed by atoms with Gasteiger partial charge in [0, 0.05) is 18.3 Å². The summed E-state index contributed by atoms with van der Waals surface area (Å²) in [6, 6.07) is 24.1. The number of rotatable bonds is 5. The Bertz CT molecular complexity index is 1030. The molecule has 0 radical (unpaired) electrons. The van der Waals surface area contributed by atoms with Gasteiger partial charge in [0.25, 0.3) is 0 Å². The molecule has 1 heterocycles. The molecule has 1 aromatic heterocycles. The van der Waals surface area contributed by atoms with Crippen LogP contribution in [-0.2, 0) is 17.8 Å². The van der Waals surface area contributed by atoms with E-state index in [0.29, 0.717) is 13.0 Å². The molecule has 0 aliphatic heterocycles. The standard InChI is InChI=1S/C22H19N3O/c26-22(13-19-9-6-8-18-7-4-5-12-21(18)19)23-14-17-15-24-25(16-17)20-10-2-1-3-11-20/h1-12,15-16H,13-14H2,(H,23,26). The molecule has 3 aromatic carbocycles. The number of aromatic nitrogens is 2. The van der Waals surface area contributed by atoms with Gasteiger partial charge < -0.3 is 5.32 Å². The fourth-order valence-electron chi connectivity index (χ4n) is 3.06. The van der Waals surface area contributed by atoms with Gasteiger partial charge in [-0.3, -0.25) is 4.79 Å². The van der Waals surface area contributed by atoms with Crippen molar-refractivity contribution in [2.24, 2.45) is 0 Å². The highest BCUT2D eigenvalue weighted by Gasteiger charge is 2.08. The van der Waals surface area contributed by atoms with Crippen molar-refractivity contribution in [1.29, 1.82) is 0 Å². The van der Waals surface area contributed by atoms with E-state index in [1.165, 1.54) is 0 Å². The number of amides is 1. The van der Waals surface area contributed by atoms with Gasteiger partial charge in [0.15, 0.2) is 0 Å². The number of hydrogen-bond donors (Lipinski definition) is 1. The van der Waals surface area contributed by atoms with Gasteiger partial charge in [0.1, 0.15) is 0 Å². The molecule has 0 saturated heterocycles. The third-order valence-corrected chi connectivity index (χ3v) is 4.38. The molecular weight excluding hydrogens is 322 g/mol. The van der Waals surface area contributed by atoms with Gasteiger partial charge in [-0.05, 0) is 28.5 Å². The lowest BCUT2D eigenvalue weighted by Crippen LogP contribution is -2.24. The maximum absolute atomic E-state index is 12.4. The second kappa shape index (κ2) is 7.23. The Kier molecular flexibility index (Phi) is 4.48. The molecule has 0 spiro atoms. The quantitative estimate of drug-likeness (QED) is 0.599. The predicted molar refractivity (Wildman–Crippen MR) is 103 cm³/mol. The van der Waals surface area contributed by atoms with Gasteiger partial charge in [-0.1, -0.05) is 60.7 Å². The first-order chi connectivity index (χ1) is 12.8. The Morgan fingerprint density at radius 3 is 2.58 bits per heavy atom. The topological polar surface area (TPSA) is 46.9 Å². The van der Waals surface area contributed by atoms with E-state index in [4.69, 9.17) is 0 Å². The van der Waals surface area contributed by atoms with E-state index in [1.807, 2.05) is 65.5 Å². The molecule has 4 aromatic rings. The Hall–Kier alpha value is -3.40. The fraction of sp³-hybridized carbons (Fsp3) is 0.0909. The Morgan fingerprint density at radius 2 is 1.69 bits per heavy atom. The number of hydrogen-bond acceptors (Lipinski definition) is 2. The van der Waals surface area contributed by atoms with Crippen molar-refractivity contribution in [1.82, 2.24) is 15.1 Å². The summed E-state index contributed by atoms with van der Waals surface area (Å²) in [7, 11) is 0. The highest BCUT2D eigenvalue weighted by molar-refractivity contribution is 5.90. The minimum absolute atomic E-state index is 0.00816. The average Bonchev–Trinajstić information content (AvgIpc) is 3.17. The average molecular weight is 341 g/mol. The lowest BCUT2D eigenvalue weighted by atomic mass is 10.0. The molecule has 1 amide bonds. The van der Waals surface area contributed by atoms with Crippen molar-refractivity contribution in [2.75, 3.05) is 0 Å². The second-order valence-electron chi connectivity index (χ2n) is 6.22. The highest BCUT2D eigenvalue weighted by atomic mass is 16.1. The molecule has 4 nitrogen and oxygen atoms in total. The zero-order valence-electron chi connectivity index (χ0n) is 14.3. The van der Waals surface area contributed by atoms with Crippen LogP contribution in [-0.4, -0.2) is 15.7 Å². The molecule has 0 fully saturated rings. The van der Waals surface area contributed by atoms with Crippen LogP contribution in [0.4, 0.5) is 0 Å². The van der Waals surface area contributed by atoms with Crippen LogP contribution in [0.25, 0.3) is 16.5 Å². The first-order valence-corrected chi connectivity index (χ1v) is 8.62. The van der Waals surface area contributed by atoms with Crippen LogP contribution in [0.15, 0.2) is 85.2 Å². The SMILES string of the molecule is O=C(Cc1cccc2ccccc12)NCc1cnn(-c2ccccc2)c1. The van der Waals surface area contributed by atoms with Gasteiger partial charge >= 0.3 is 0 Å². The monoisotopic (exact) mass is 341 g/mol. The van der Waals surface area contributed by atoms with Gasteiger partial charge in [-0.25, -0.2) is 4.68 Å². The van der Waals surface area contributed by atoms with E-state index in [1.54, 1.807) is 6.20 Å². The lowest BCUT2D eigenvalue weighted by Gasteiger charge is -2.07. The minimum Gasteiger partial charge on any atom is -0.352 e. The van der Waals surface area contributed by atoms with E-state index in [2.05, 4.69) is 28.6 Å². The van der Waals surface area contributed by atoms with Gasteiger partial charge in [-0.2, -0.15) is 5.10 Å². The molecule has 128 valence electrons. The number of carbonyl (C=O) groups excluding carboxylic acids is 1. The van der Waals surface area contributed by atoms with Crippen LogP contribution in [0.1, 0.15) is 11.1 Å². The van der Waals surface area contributed by atoms with Crippen molar-refractivity contribution in [3.05, 3.63) is 96.3 Å². The molecule has 0 saturated carbocycles. The van der Waals surface area contributed by atoms with E-state index in [0.717, 1.165) is 27.6 Å². The number of nitrogens with zero attached hydrogens (tertiary/aromatic N) is 2. The lowest BCUT2D eigenvalue weighted by molar-refractivity contribution is -0.120. The zero-order chi connectivity index (χ0) is 17.8. The molecule has 0 bridgehead atoms. The van der Waals surface area contributed by atoms with E-state index in [-0.39, 0.29) is 5.91 Å². The van der Waals surface area contributed by atoms with E-state index < -0.39 is 0 Å². The van der Waals surface area contributed by atoms with E-state index in [9.17, 15) is 4.79 Å². The molecule has 4 heteroatoms. The Morgan fingerprint density at radius 1 is 0.923 bits per heavy atom. The third-order valence-electron chi connectivity index (χ3n) is 4.38. The number of benzene rings is 3. The summed E-state index contributed by atoms with van der Waals surface area (Å²) >= 11 is 0. The predicted octanol–water partition coefficient (Wildman–Crippen LogP) is 3.88. The minimum atomic E-state index is 0.00816. The molecule has 4 rings (SSSR count). The van der Waals surface area contributed by atoms with Gasteiger partial charge in [-0.15, -0.1) is 0 Å².